The summed E-state index contributed by atoms with van der Waals surface area (Å²) in [4.78, 5) is 0. The van der Waals surface area contributed by atoms with Crippen LogP contribution in [0.5, 0.6) is 0 Å². The average molecular weight is 224 g/mol. The summed E-state index contributed by atoms with van der Waals surface area (Å²) in [5, 5.41) is 10.4. The third-order valence-corrected chi connectivity index (χ3v) is 3.46. The van der Waals surface area contributed by atoms with Crippen molar-refractivity contribution >= 4 is 0 Å². The van der Waals surface area contributed by atoms with Gasteiger partial charge >= 0.3 is 0 Å². The summed E-state index contributed by atoms with van der Waals surface area (Å²) in [6, 6.07) is 4.71. The highest BCUT2D eigenvalue weighted by Crippen LogP contribution is 2.33. The van der Waals surface area contributed by atoms with E-state index >= 15 is 0 Å². The maximum absolute atomic E-state index is 13.1. The molecule has 16 heavy (non-hydrogen) atoms. The first-order valence-corrected chi connectivity index (χ1v) is 5.61. The molecule has 0 aliphatic heterocycles. The van der Waals surface area contributed by atoms with E-state index in [0.717, 1.165) is 11.1 Å². The van der Waals surface area contributed by atoms with Crippen molar-refractivity contribution < 1.29 is 9.50 Å². The molecule has 1 N–H and O–H groups in total. The van der Waals surface area contributed by atoms with E-state index in [2.05, 4.69) is 0 Å². The fraction of sp³-hybridized carbons (Fsp3) is 0.571. The van der Waals surface area contributed by atoms with Crippen LogP contribution >= 0.6 is 0 Å². The summed E-state index contributed by atoms with van der Waals surface area (Å²) in [6.45, 7) is 9.70. The summed E-state index contributed by atoms with van der Waals surface area (Å²) in [5.41, 5.74) is 0.822. The minimum absolute atomic E-state index is 0.230. The molecule has 0 aromatic heterocycles. The lowest BCUT2D eigenvalue weighted by Gasteiger charge is -2.37. The van der Waals surface area contributed by atoms with E-state index in [1.54, 1.807) is 13.0 Å². The molecule has 1 aromatic carbocycles. The minimum atomic E-state index is -0.842. The predicted molar refractivity (Wildman–Crippen MR) is 64.9 cm³/mol. The van der Waals surface area contributed by atoms with E-state index in [0.29, 0.717) is 6.42 Å². The van der Waals surface area contributed by atoms with Gasteiger partial charge in [-0.2, -0.15) is 0 Å². The van der Waals surface area contributed by atoms with E-state index in [4.69, 9.17) is 0 Å². The first-order chi connectivity index (χ1) is 7.13. The molecule has 1 rings (SSSR count). The van der Waals surface area contributed by atoms with Gasteiger partial charge in [0.05, 0.1) is 5.60 Å². The second kappa shape index (κ2) is 4.17. The van der Waals surface area contributed by atoms with Gasteiger partial charge in [0, 0.05) is 6.42 Å². The van der Waals surface area contributed by atoms with Gasteiger partial charge in [-0.25, -0.2) is 4.39 Å². The molecule has 0 bridgehead atoms. The SMILES string of the molecule is Cc1ccc(F)cc1CC(C)(O)C(C)(C)C. The highest BCUT2D eigenvalue weighted by Gasteiger charge is 2.35. The summed E-state index contributed by atoms with van der Waals surface area (Å²) in [6.07, 6.45) is 0.472. The Hall–Kier alpha value is -0.890. The molecular formula is C14H21FO. The molecule has 0 aliphatic carbocycles. The summed E-state index contributed by atoms with van der Waals surface area (Å²) < 4.78 is 13.1. The minimum Gasteiger partial charge on any atom is -0.389 e. The number of rotatable bonds is 2. The van der Waals surface area contributed by atoms with Gasteiger partial charge in [0.2, 0.25) is 0 Å². The first-order valence-electron chi connectivity index (χ1n) is 5.61. The van der Waals surface area contributed by atoms with Gasteiger partial charge in [-0.1, -0.05) is 26.8 Å². The maximum atomic E-state index is 13.1. The topological polar surface area (TPSA) is 20.2 Å². The number of hydrogen-bond acceptors (Lipinski definition) is 1. The maximum Gasteiger partial charge on any atom is 0.123 e. The summed E-state index contributed by atoms with van der Waals surface area (Å²) >= 11 is 0. The van der Waals surface area contributed by atoms with E-state index in [-0.39, 0.29) is 11.2 Å². The van der Waals surface area contributed by atoms with Crippen LogP contribution in [0.25, 0.3) is 0 Å². The number of halogens is 1. The van der Waals surface area contributed by atoms with Gasteiger partial charge < -0.3 is 5.11 Å². The Morgan fingerprint density at radius 1 is 1.19 bits per heavy atom. The molecule has 0 radical (unpaired) electrons. The van der Waals surface area contributed by atoms with Gasteiger partial charge in [0.15, 0.2) is 0 Å². The Labute approximate surface area is 97.3 Å². The van der Waals surface area contributed by atoms with Gasteiger partial charge in [-0.15, -0.1) is 0 Å². The van der Waals surface area contributed by atoms with Crippen LogP contribution in [-0.4, -0.2) is 10.7 Å². The number of hydrogen-bond donors (Lipinski definition) is 1. The monoisotopic (exact) mass is 224 g/mol. The molecule has 1 atom stereocenters. The Kier molecular flexibility index (Phi) is 3.44. The first kappa shape index (κ1) is 13.2. The standard InChI is InChI=1S/C14H21FO/c1-10-6-7-12(15)8-11(10)9-14(5,16)13(2,3)4/h6-8,16H,9H2,1-5H3. The molecule has 2 heteroatoms. The third-order valence-electron chi connectivity index (χ3n) is 3.46. The van der Waals surface area contributed by atoms with Crippen molar-refractivity contribution in [1.82, 2.24) is 0 Å². The zero-order valence-corrected chi connectivity index (χ0v) is 10.8. The van der Waals surface area contributed by atoms with Crippen LogP contribution in [0.15, 0.2) is 18.2 Å². The molecule has 1 aromatic rings. The fourth-order valence-corrected chi connectivity index (χ4v) is 1.47. The average Bonchev–Trinajstić information content (AvgIpc) is 2.09. The molecule has 0 aliphatic rings. The largest absolute Gasteiger partial charge is 0.389 e. The van der Waals surface area contributed by atoms with Gasteiger partial charge in [-0.3, -0.25) is 0 Å². The molecule has 1 nitrogen and oxygen atoms in total. The van der Waals surface area contributed by atoms with Crippen LogP contribution in [-0.2, 0) is 6.42 Å². The fourth-order valence-electron chi connectivity index (χ4n) is 1.47. The molecule has 0 saturated carbocycles. The number of benzene rings is 1. The quantitative estimate of drug-likeness (QED) is 0.815. The molecular weight excluding hydrogens is 203 g/mol. The van der Waals surface area contributed by atoms with Gasteiger partial charge in [-0.05, 0) is 42.5 Å². The van der Waals surface area contributed by atoms with Crippen LogP contribution < -0.4 is 0 Å². The van der Waals surface area contributed by atoms with Crippen molar-refractivity contribution in [3.63, 3.8) is 0 Å². The molecule has 0 amide bonds. The van der Waals surface area contributed by atoms with Crippen molar-refractivity contribution in [2.45, 2.75) is 46.6 Å². The second-order valence-corrected chi connectivity index (χ2v) is 5.77. The van der Waals surface area contributed by atoms with Crippen LogP contribution in [0.2, 0.25) is 0 Å². The molecule has 0 saturated heterocycles. The number of aliphatic hydroxyl groups is 1. The molecule has 0 heterocycles. The molecule has 0 fully saturated rings. The van der Waals surface area contributed by atoms with E-state index < -0.39 is 5.60 Å². The van der Waals surface area contributed by atoms with Crippen LogP contribution in [0.1, 0.15) is 38.8 Å². The lowest BCUT2D eigenvalue weighted by Crippen LogP contribution is -2.41. The van der Waals surface area contributed by atoms with Crippen molar-refractivity contribution in [3.05, 3.63) is 35.1 Å². The smallest absolute Gasteiger partial charge is 0.123 e. The van der Waals surface area contributed by atoms with E-state index in [1.165, 1.54) is 12.1 Å². The van der Waals surface area contributed by atoms with Crippen molar-refractivity contribution in [1.29, 1.82) is 0 Å². The van der Waals surface area contributed by atoms with E-state index in [9.17, 15) is 9.50 Å². The second-order valence-electron chi connectivity index (χ2n) is 5.77. The van der Waals surface area contributed by atoms with Crippen LogP contribution in [0, 0.1) is 18.2 Å². The Morgan fingerprint density at radius 3 is 2.25 bits per heavy atom. The number of aryl methyl sites for hydroxylation is 1. The predicted octanol–water partition coefficient (Wildman–Crippen LogP) is 3.47. The highest BCUT2D eigenvalue weighted by molar-refractivity contribution is 5.28. The van der Waals surface area contributed by atoms with Crippen molar-refractivity contribution in [3.8, 4) is 0 Å². The van der Waals surface area contributed by atoms with Gasteiger partial charge in [0.25, 0.3) is 0 Å². The van der Waals surface area contributed by atoms with Crippen molar-refractivity contribution in [2.24, 2.45) is 5.41 Å². The highest BCUT2D eigenvalue weighted by atomic mass is 19.1. The van der Waals surface area contributed by atoms with E-state index in [1.807, 2.05) is 27.7 Å². The zero-order chi connectivity index (χ0) is 12.6. The van der Waals surface area contributed by atoms with Gasteiger partial charge in [0.1, 0.15) is 5.82 Å². The summed E-state index contributed by atoms with van der Waals surface area (Å²) in [7, 11) is 0. The molecule has 90 valence electrons. The normalized spacial score (nSPS) is 15.9. The Balaban J connectivity index is 3.01. The van der Waals surface area contributed by atoms with Crippen molar-refractivity contribution in [2.75, 3.05) is 0 Å². The third kappa shape index (κ3) is 2.82. The lowest BCUT2D eigenvalue weighted by molar-refractivity contribution is -0.0407. The summed E-state index contributed by atoms with van der Waals surface area (Å²) in [5.74, 6) is -0.245. The Morgan fingerprint density at radius 2 is 1.75 bits per heavy atom. The van der Waals surface area contributed by atoms with Crippen LogP contribution in [0.3, 0.4) is 0 Å². The van der Waals surface area contributed by atoms with Crippen LogP contribution in [0.4, 0.5) is 4.39 Å². The lowest BCUT2D eigenvalue weighted by atomic mass is 9.74. The zero-order valence-electron chi connectivity index (χ0n) is 10.8. The molecule has 1 unspecified atom stereocenters. The molecule has 0 spiro atoms. The Bertz CT molecular complexity index is 375.